The van der Waals surface area contributed by atoms with E-state index in [1.54, 1.807) is 115 Å². The number of hydrogen-bond acceptors (Lipinski definition) is 10. The van der Waals surface area contributed by atoms with E-state index in [1.807, 2.05) is 42.5 Å². The van der Waals surface area contributed by atoms with Crippen LogP contribution in [0.5, 0.6) is 46.0 Å². The second kappa shape index (κ2) is 29.9. The first-order valence-electron chi connectivity index (χ1n) is 33.3. The van der Waals surface area contributed by atoms with Crippen LogP contribution in [0.1, 0.15) is 65.2 Å². The summed E-state index contributed by atoms with van der Waals surface area (Å²) in [4.78, 5) is 26.6. The molecule has 14 aromatic carbocycles. The summed E-state index contributed by atoms with van der Waals surface area (Å²) in [6, 6.07) is 88.4. The SMILES string of the molecule is COc1ccc(C(=O)Oc2ccc(/C=C/c3ccc4ccccc4c3-c3c(/C=C/c4ccc(OC(=O)c5ccc(OC)cc5)cc4OC)ccc4ccc(-c5ccc(/C=C/c6ccc7ccccc7c6-c6c(/C=C/c7ccccc7OC)ccc7ccccc67)c(OC)c5)cc34)c(OC)c2)cc1. The third-order valence-corrected chi connectivity index (χ3v) is 18.4. The summed E-state index contributed by atoms with van der Waals surface area (Å²) < 4.78 is 46.3. The highest BCUT2D eigenvalue weighted by atomic mass is 16.5. The van der Waals surface area contributed by atoms with Crippen molar-refractivity contribution in [1.82, 2.24) is 0 Å². The fourth-order valence-corrected chi connectivity index (χ4v) is 13.2. The third kappa shape index (κ3) is 13.9. The topological polar surface area (TPSA) is 108 Å². The molecule has 0 spiro atoms. The van der Waals surface area contributed by atoms with Crippen LogP contribution in [0.3, 0.4) is 0 Å². The Morgan fingerprint density at radius 2 is 0.529 bits per heavy atom. The van der Waals surface area contributed by atoms with Gasteiger partial charge in [-0.3, -0.25) is 0 Å². The first kappa shape index (κ1) is 66.1. The minimum Gasteiger partial charge on any atom is -0.497 e. The summed E-state index contributed by atoms with van der Waals surface area (Å²) >= 11 is 0. The van der Waals surface area contributed by atoms with Gasteiger partial charge in [0.15, 0.2) is 0 Å². The average molecular weight is 1340 g/mol. The van der Waals surface area contributed by atoms with E-state index >= 15 is 0 Å². The molecule has 102 heavy (non-hydrogen) atoms. The van der Waals surface area contributed by atoms with Crippen molar-refractivity contribution >= 4 is 104 Å². The number of ether oxygens (including phenoxy) is 8. The van der Waals surface area contributed by atoms with Gasteiger partial charge in [-0.1, -0.05) is 212 Å². The number of carbonyl (C=O) groups is 2. The molecule has 10 heteroatoms. The number of hydrogen-bond donors (Lipinski definition) is 0. The van der Waals surface area contributed by atoms with E-state index in [0.717, 1.165) is 127 Å². The van der Waals surface area contributed by atoms with Crippen LogP contribution in [0.25, 0.3) is 125 Å². The van der Waals surface area contributed by atoms with Crippen molar-refractivity contribution in [2.24, 2.45) is 0 Å². The Kier molecular flexibility index (Phi) is 19.4. The molecule has 14 aromatic rings. The molecule has 0 bridgehead atoms. The lowest BCUT2D eigenvalue weighted by molar-refractivity contribution is 0.0724. The van der Waals surface area contributed by atoms with E-state index in [2.05, 4.69) is 200 Å². The molecule has 0 heterocycles. The average Bonchev–Trinajstić information content (AvgIpc) is 0.753. The van der Waals surface area contributed by atoms with Crippen molar-refractivity contribution in [3.63, 3.8) is 0 Å². The normalized spacial score (nSPS) is 11.5. The lowest BCUT2D eigenvalue weighted by atomic mass is 9.85. The van der Waals surface area contributed by atoms with Gasteiger partial charge in [0.05, 0.1) is 53.8 Å². The zero-order valence-corrected chi connectivity index (χ0v) is 57.1. The third-order valence-electron chi connectivity index (χ3n) is 18.4. The maximum atomic E-state index is 13.3. The lowest BCUT2D eigenvalue weighted by Gasteiger charge is -2.18. The van der Waals surface area contributed by atoms with Gasteiger partial charge in [0.1, 0.15) is 46.0 Å². The zero-order chi connectivity index (χ0) is 70.1. The van der Waals surface area contributed by atoms with Crippen molar-refractivity contribution in [2.45, 2.75) is 0 Å². The zero-order valence-electron chi connectivity index (χ0n) is 57.1. The van der Waals surface area contributed by atoms with Crippen LogP contribution in [-0.4, -0.2) is 54.6 Å². The Hall–Kier alpha value is -13.2. The number of para-hydroxylation sites is 1. The summed E-state index contributed by atoms with van der Waals surface area (Å²) in [6.07, 6.45) is 16.9. The van der Waals surface area contributed by atoms with Crippen molar-refractivity contribution < 1.29 is 47.5 Å². The van der Waals surface area contributed by atoms with Crippen LogP contribution in [0.15, 0.2) is 267 Å². The summed E-state index contributed by atoms with van der Waals surface area (Å²) in [5, 5.41) is 8.70. The van der Waals surface area contributed by atoms with E-state index in [0.29, 0.717) is 51.4 Å². The maximum absolute atomic E-state index is 13.3. The van der Waals surface area contributed by atoms with Gasteiger partial charge >= 0.3 is 11.9 Å². The van der Waals surface area contributed by atoms with Gasteiger partial charge in [0, 0.05) is 34.4 Å². The minimum atomic E-state index is -0.510. The Labute approximate surface area is 592 Å². The molecule has 0 atom stereocenters. The first-order valence-corrected chi connectivity index (χ1v) is 33.3. The molecule has 0 saturated carbocycles. The second-order valence-corrected chi connectivity index (χ2v) is 24.3. The van der Waals surface area contributed by atoms with Crippen molar-refractivity contribution in [1.29, 1.82) is 0 Å². The molecule has 0 saturated heterocycles. The molecule has 0 unspecified atom stereocenters. The summed E-state index contributed by atoms with van der Waals surface area (Å²) in [5.74, 6) is 3.46. The standard InChI is InChI=1S/C92H70O10/c1-95-75-49-45-71(46-50-75)91(93)101-77-53-43-65(85(57-77)99-5)30-39-69-35-25-61-17-9-13-21-81(61)89(69)90-70(40-31-66-44-54-78(58-86(66)100-6)102-92(94)72-47-51-76(96-2)52-48-72)36-26-62-27-41-73(55-82(62)90)74-42-32-64(84(56-74)98-4)29-38-68-34-24-60-16-8-12-20-80(60)88(68)87-67(33-23-59-15-7-11-19-79(59)87)37-28-63-18-10-14-22-83(63)97-3/h7-58H,1-6H3/b37-28+,38-29+,39-30+,40-31+. The van der Waals surface area contributed by atoms with Gasteiger partial charge < -0.3 is 37.9 Å². The highest BCUT2D eigenvalue weighted by molar-refractivity contribution is 6.14. The van der Waals surface area contributed by atoms with Gasteiger partial charge in [-0.15, -0.1) is 0 Å². The Morgan fingerprint density at radius 1 is 0.235 bits per heavy atom. The molecule has 14 rings (SSSR count). The summed E-state index contributed by atoms with van der Waals surface area (Å²) in [5.41, 5.74) is 14.4. The molecule has 0 aromatic heterocycles. The Morgan fingerprint density at radius 3 is 0.941 bits per heavy atom. The fraction of sp³-hybridized carbons (Fsp3) is 0.0652. The molecular formula is C92H70O10. The van der Waals surface area contributed by atoms with Crippen LogP contribution in [0, 0.1) is 0 Å². The molecule has 10 nitrogen and oxygen atoms in total. The molecular weight excluding hydrogens is 1270 g/mol. The van der Waals surface area contributed by atoms with Crippen molar-refractivity contribution in [3.8, 4) is 79.4 Å². The minimum absolute atomic E-state index is 0.331. The van der Waals surface area contributed by atoms with Crippen LogP contribution < -0.4 is 37.9 Å². The van der Waals surface area contributed by atoms with Crippen molar-refractivity contribution in [2.75, 3.05) is 42.7 Å². The van der Waals surface area contributed by atoms with Crippen molar-refractivity contribution in [3.05, 3.63) is 323 Å². The van der Waals surface area contributed by atoms with Crippen LogP contribution in [0.4, 0.5) is 0 Å². The predicted molar refractivity (Wildman–Crippen MR) is 416 cm³/mol. The van der Waals surface area contributed by atoms with E-state index < -0.39 is 11.9 Å². The quantitative estimate of drug-likeness (QED) is 0.0392. The monoisotopic (exact) mass is 1330 g/mol. The highest BCUT2D eigenvalue weighted by Gasteiger charge is 2.21. The summed E-state index contributed by atoms with van der Waals surface area (Å²) in [7, 11) is 9.78. The molecule has 0 N–H and O–H groups in total. The van der Waals surface area contributed by atoms with Crippen LogP contribution >= 0.6 is 0 Å². The summed E-state index contributed by atoms with van der Waals surface area (Å²) in [6.45, 7) is 0. The molecule has 0 aliphatic rings. The fourth-order valence-electron chi connectivity index (χ4n) is 13.2. The van der Waals surface area contributed by atoms with E-state index in [4.69, 9.17) is 37.9 Å². The number of rotatable bonds is 21. The molecule has 0 fully saturated rings. The number of methoxy groups -OCH3 is 6. The number of esters is 2. The Balaban J connectivity index is 0.869. The lowest BCUT2D eigenvalue weighted by Crippen LogP contribution is -2.08. The molecule has 0 radical (unpaired) electrons. The van der Waals surface area contributed by atoms with Gasteiger partial charge in [-0.05, 0) is 190 Å². The van der Waals surface area contributed by atoms with Gasteiger partial charge in [0.25, 0.3) is 0 Å². The largest absolute Gasteiger partial charge is 0.497 e. The Bertz CT molecular complexity index is 5640. The van der Waals surface area contributed by atoms with E-state index in [-0.39, 0.29) is 0 Å². The van der Waals surface area contributed by atoms with E-state index in [1.165, 1.54) is 0 Å². The molecule has 0 aliphatic heterocycles. The molecule has 0 amide bonds. The highest BCUT2D eigenvalue weighted by Crippen LogP contribution is 2.45. The number of benzene rings is 14. The predicted octanol–water partition coefficient (Wildman–Crippen LogP) is 22.5. The second-order valence-electron chi connectivity index (χ2n) is 24.3. The smallest absolute Gasteiger partial charge is 0.343 e. The maximum Gasteiger partial charge on any atom is 0.343 e. The number of carbonyl (C=O) groups excluding carboxylic acids is 2. The number of fused-ring (bicyclic) bond motifs is 4. The molecule has 0 aliphatic carbocycles. The van der Waals surface area contributed by atoms with Gasteiger partial charge in [-0.25, -0.2) is 9.59 Å². The molecule has 498 valence electrons. The van der Waals surface area contributed by atoms with Crippen LogP contribution in [0.2, 0.25) is 0 Å². The van der Waals surface area contributed by atoms with Crippen LogP contribution in [-0.2, 0) is 0 Å². The van der Waals surface area contributed by atoms with Gasteiger partial charge in [-0.2, -0.15) is 0 Å². The van der Waals surface area contributed by atoms with E-state index in [9.17, 15) is 9.59 Å². The van der Waals surface area contributed by atoms with Gasteiger partial charge in [0.2, 0.25) is 0 Å². The first-order chi connectivity index (χ1) is 50.1.